The van der Waals surface area contributed by atoms with Gasteiger partial charge in [-0.1, -0.05) is 19.1 Å². The van der Waals surface area contributed by atoms with Gasteiger partial charge in [0.1, 0.15) is 0 Å². The van der Waals surface area contributed by atoms with Crippen LogP contribution < -0.4 is 5.32 Å². The standard InChI is InChI=1S/C20H27N5O2.HI/c1-15-13-24(14-18(15)19(26)27-3)20(21-2)22-11-9-16-5-7-17(8-6-16)25-12-4-10-23-25;/h4-8,10,12,15,18H,9,11,13-14H2,1-3H3,(H,21,22);1H. The molecular weight excluding hydrogens is 469 g/mol. The predicted molar refractivity (Wildman–Crippen MR) is 120 cm³/mol. The highest BCUT2D eigenvalue weighted by Crippen LogP contribution is 2.24. The molecule has 1 aliphatic rings. The molecule has 0 aliphatic carbocycles. The fourth-order valence-electron chi connectivity index (χ4n) is 3.49. The number of nitrogens with one attached hydrogen (secondary N) is 1. The van der Waals surface area contributed by atoms with Crippen LogP contribution in [0.25, 0.3) is 5.69 Å². The van der Waals surface area contributed by atoms with Crippen LogP contribution >= 0.6 is 24.0 Å². The molecule has 152 valence electrons. The van der Waals surface area contributed by atoms with Crippen LogP contribution in [0.5, 0.6) is 0 Å². The minimum atomic E-state index is -0.141. The number of hydrogen-bond acceptors (Lipinski definition) is 4. The number of rotatable bonds is 5. The van der Waals surface area contributed by atoms with Crippen LogP contribution in [-0.2, 0) is 16.0 Å². The third-order valence-electron chi connectivity index (χ3n) is 5.03. The molecule has 1 aromatic heterocycles. The molecule has 7 nitrogen and oxygen atoms in total. The lowest BCUT2D eigenvalue weighted by Crippen LogP contribution is -2.41. The molecule has 2 unspecified atom stereocenters. The average molecular weight is 497 g/mol. The molecule has 1 aromatic carbocycles. The summed E-state index contributed by atoms with van der Waals surface area (Å²) in [5.41, 5.74) is 2.29. The quantitative estimate of drug-likeness (QED) is 0.297. The van der Waals surface area contributed by atoms with E-state index in [-0.39, 0.29) is 41.8 Å². The van der Waals surface area contributed by atoms with Gasteiger partial charge in [-0.05, 0) is 36.1 Å². The third kappa shape index (κ3) is 5.24. The molecule has 2 atom stereocenters. The number of guanidine groups is 1. The highest BCUT2D eigenvalue weighted by atomic mass is 127. The Kier molecular flexibility index (Phi) is 8.28. The monoisotopic (exact) mass is 497 g/mol. The summed E-state index contributed by atoms with van der Waals surface area (Å²) in [4.78, 5) is 18.4. The second-order valence-electron chi connectivity index (χ2n) is 6.85. The second-order valence-corrected chi connectivity index (χ2v) is 6.85. The third-order valence-corrected chi connectivity index (χ3v) is 5.03. The Bertz CT molecular complexity index is 776. The molecule has 0 radical (unpaired) electrons. The van der Waals surface area contributed by atoms with Crippen molar-refractivity contribution in [2.75, 3.05) is 33.8 Å². The molecule has 0 spiro atoms. The van der Waals surface area contributed by atoms with Crippen molar-refractivity contribution >= 4 is 35.9 Å². The van der Waals surface area contributed by atoms with Gasteiger partial charge in [-0.3, -0.25) is 9.79 Å². The summed E-state index contributed by atoms with van der Waals surface area (Å²) in [6, 6.07) is 10.3. The minimum absolute atomic E-state index is 0. The SMILES string of the molecule is CN=C(NCCc1ccc(-n2cccn2)cc1)N1CC(C)C(C(=O)OC)C1.I. The topological polar surface area (TPSA) is 71.8 Å². The van der Waals surface area contributed by atoms with Crippen LogP contribution in [0.3, 0.4) is 0 Å². The number of esters is 1. The van der Waals surface area contributed by atoms with E-state index in [0.717, 1.165) is 31.2 Å². The van der Waals surface area contributed by atoms with Crippen molar-refractivity contribution in [1.29, 1.82) is 0 Å². The maximum Gasteiger partial charge on any atom is 0.310 e. The Hall–Kier alpha value is -2.10. The van der Waals surface area contributed by atoms with Crippen molar-refractivity contribution in [3.63, 3.8) is 0 Å². The average Bonchev–Trinajstić information content (AvgIpc) is 3.35. The smallest absolute Gasteiger partial charge is 0.310 e. The van der Waals surface area contributed by atoms with Gasteiger partial charge in [-0.2, -0.15) is 5.10 Å². The van der Waals surface area contributed by atoms with E-state index in [1.807, 2.05) is 16.9 Å². The van der Waals surface area contributed by atoms with Gasteiger partial charge in [0.25, 0.3) is 0 Å². The molecule has 3 rings (SSSR count). The Balaban J connectivity index is 0.00000280. The summed E-state index contributed by atoms with van der Waals surface area (Å²) in [7, 11) is 3.22. The van der Waals surface area contributed by atoms with Crippen LogP contribution in [0.2, 0.25) is 0 Å². The molecule has 0 saturated carbocycles. The molecule has 0 amide bonds. The van der Waals surface area contributed by atoms with Gasteiger partial charge < -0.3 is 15.0 Å². The van der Waals surface area contributed by atoms with E-state index in [1.54, 1.807) is 13.2 Å². The number of halogens is 1. The van der Waals surface area contributed by atoms with Gasteiger partial charge in [-0.25, -0.2) is 4.68 Å². The van der Waals surface area contributed by atoms with Crippen LogP contribution in [-0.4, -0.2) is 60.4 Å². The normalized spacial score (nSPS) is 19.2. The molecular formula is C20H28IN5O2. The zero-order valence-electron chi connectivity index (χ0n) is 16.5. The zero-order chi connectivity index (χ0) is 19.2. The lowest BCUT2D eigenvalue weighted by molar-refractivity contribution is -0.145. The summed E-state index contributed by atoms with van der Waals surface area (Å²) in [5, 5.41) is 7.64. The van der Waals surface area contributed by atoms with Crippen LogP contribution in [0.1, 0.15) is 12.5 Å². The van der Waals surface area contributed by atoms with Crippen molar-refractivity contribution in [2.24, 2.45) is 16.8 Å². The fourth-order valence-corrected chi connectivity index (χ4v) is 3.49. The maximum absolute atomic E-state index is 11.9. The maximum atomic E-state index is 11.9. The van der Waals surface area contributed by atoms with Crippen LogP contribution in [0.4, 0.5) is 0 Å². The number of likely N-dealkylation sites (tertiary alicyclic amines) is 1. The summed E-state index contributed by atoms with van der Waals surface area (Å²) < 4.78 is 6.75. The van der Waals surface area contributed by atoms with Crippen molar-refractivity contribution < 1.29 is 9.53 Å². The number of hydrogen-bond donors (Lipinski definition) is 1. The Labute approximate surface area is 183 Å². The van der Waals surface area contributed by atoms with Crippen LogP contribution in [0, 0.1) is 11.8 Å². The molecule has 1 fully saturated rings. The molecule has 8 heteroatoms. The fraction of sp³-hybridized carbons (Fsp3) is 0.450. The summed E-state index contributed by atoms with van der Waals surface area (Å²) in [6.45, 7) is 4.31. The van der Waals surface area contributed by atoms with Gasteiger partial charge >= 0.3 is 5.97 Å². The van der Waals surface area contributed by atoms with E-state index in [2.05, 4.69) is 51.5 Å². The Morgan fingerprint density at radius 1 is 1.32 bits per heavy atom. The van der Waals surface area contributed by atoms with E-state index < -0.39 is 0 Å². The first-order valence-electron chi connectivity index (χ1n) is 9.24. The van der Waals surface area contributed by atoms with E-state index in [1.165, 1.54) is 12.7 Å². The molecule has 28 heavy (non-hydrogen) atoms. The summed E-state index contributed by atoms with van der Waals surface area (Å²) >= 11 is 0. The molecule has 1 saturated heterocycles. The number of carbonyl (C=O) groups is 1. The first-order chi connectivity index (χ1) is 13.1. The van der Waals surface area contributed by atoms with Crippen LogP contribution in [0.15, 0.2) is 47.7 Å². The van der Waals surface area contributed by atoms with Gasteiger partial charge in [0, 0.05) is 39.1 Å². The number of methoxy groups -OCH3 is 1. The van der Waals surface area contributed by atoms with Gasteiger partial charge in [0.05, 0.1) is 18.7 Å². The number of nitrogens with zero attached hydrogens (tertiary/aromatic N) is 4. The number of ether oxygens (including phenoxy) is 1. The number of aliphatic imine (C=N–C) groups is 1. The van der Waals surface area contributed by atoms with Crippen molar-refractivity contribution in [2.45, 2.75) is 13.3 Å². The molecule has 2 aromatic rings. The van der Waals surface area contributed by atoms with Gasteiger partial charge in [-0.15, -0.1) is 24.0 Å². The Morgan fingerprint density at radius 3 is 2.68 bits per heavy atom. The molecule has 1 aliphatic heterocycles. The van der Waals surface area contributed by atoms with Gasteiger partial charge in [0.2, 0.25) is 0 Å². The van der Waals surface area contributed by atoms with Gasteiger partial charge in [0.15, 0.2) is 5.96 Å². The lowest BCUT2D eigenvalue weighted by Gasteiger charge is -2.21. The predicted octanol–water partition coefficient (Wildman–Crippen LogP) is 2.35. The highest BCUT2D eigenvalue weighted by molar-refractivity contribution is 14.0. The first-order valence-corrected chi connectivity index (χ1v) is 9.24. The van der Waals surface area contributed by atoms with Crippen molar-refractivity contribution in [3.05, 3.63) is 48.3 Å². The van der Waals surface area contributed by atoms with Crippen molar-refractivity contribution in [1.82, 2.24) is 20.0 Å². The molecule has 2 heterocycles. The number of carbonyl (C=O) groups excluding carboxylic acids is 1. The molecule has 1 N–H and O–H groups in total. The van der Waals surface area contributed by atoms with E-state index >= 15 is 0 Å². The summed E-state index contributed by atoms with van der Waals surface area (Å²) in [6.07, 6.45) is 4.59. The summed E-state index contributed by atoms with van der Waals surface area (Å²) in [5.74, 6) is 0.855. The number of benzene rings is 1. The Morgan fingerprint density at radius 2 is 2.07 bits per heavy atom. The highest BCUT2D eigenvalue weighted by Gasteiger charge is 2.36. The van der Waals surface area contributed by atoms with E-state index in [4.69, 9.17) is 4.74 Å². The second kappa shape index (κ2) is 10.4. The lowest BCUT2D eigenvalue weighted by atomic mass is 9.99. The van der Waals surface area contributed by atoms with E-state index in [0.29, 0.717) is 6.54 Å². The largest absolute Gasteiger partial charge is 0.469 e. The zero-order valence-corrected chi connectivity index (χ0v) is 18.9. The van der Waals surface area contributed by atoms with Crippen molar-refractivity contribution in [3.8, 4) is 5.69 Å². The molecule has 0 bridgehead atoms. The van der Waals surface area contributed by atoms with E-state index in [9.17, 15) is 4.79 Å². The number of aromatic nitrogens is 2. The minimum Gasteiger partial charge on any atom is -0.469 e. The first kappa shape index (κ1) is 22.2.